The van der Waals surface area contributed by atoms with Gasteiger partial charge < -0.3 is 5.32 Å². The minimum Gasteiger partial charge on any atom is -0.301 e. The van der Waals surface area contributed by atoms with E-state index < -0.39 is 0 Å². The highest BCUT2D eigenvalue weighted by molar-refractivity contribution is 8.00. The lowest BCUT2D eigenvalue weighted by Gasteiger charge is -2.05. The zero-order valence-corrected chi connectivity index (χ0v) is 15.2. The maximum atomic E-state index is 12.3. The normalized spacial score (nSPS) is 11.1. The smallest absolute Gasteiger partial charge is 0.236 e. The summed E-state index contributed by atoms with van der Waals surface area (Å²) >= 11 is 2.99. The molecule has 0 radical (unpaired) electrons. The van der Waals surface area contributed by atoms with E-state index in [-0.39, 0.29) is 5.91 Å². The number of carbonyl (C=O) groups is 1. The SMILES string of the molecule is Cc1ccc2nc(NC(=O)CSc3cccc4cccnc34)sc2c1. The van der Waals surface area contributed by atoms with Crippen molar-refractivity contribution in [1.82, 2.24) is 9.97 Å². The molecular formula is C19H15N3OS2. The van der Waals surface area contributed by atoms with E-state index in [0.717, 1.165) is 26.0 Å². The van der Waals surface area contributed by atoms with Crippen molar-refractivity contribution in [2.75, 3.05) is 11.1 Å². The molecule has 4 rings (SSSR count). The van der Waals surface area contributed by atoms with E-state index in [4.69, 9.17) is 0 Å². The van der Waals surface area contributed by atoms with E-state index in [2.05, 4.69) is 21.4 Å². The van der Waals surface area contributed by atoms with Crippen LogP contribution in [0.15, 0.2) is 59.6 Å². The average Bonchev–Trinajstić information content (AvgIpc) is 3.01. The van der Waals surface area contributed by atoms with E-state index in [0.29, 0.717) is 10.9 Å². The fourth-order valence-corrected chi connectivity index (χ4v) is 4.40. The van der Waals surface area contributed by atoms with E-state index in [9.17, 15) is 4.79 Å². The van der Waals surface area contributed by atoms with E-state index >= 15 is 0 Å². The molecule has 0 aliphatic carbocycles. The van der Waals surface area contributed by atoms with Crippen molar-refractivity contribution in [2.45, 2.75) is 11.8 Å². The van der Waals surface area contributed by atoms with Crippen LogP contribution in [0.3, 0.4) is 0 Å². The molecule has 1 amide bonds. The van der Waals surface area contributed by atoms with Crippen LogP contribution < -0.4 is 5.32 Å². The zero-order valence-electron chi connectivity index (χ0n) is 13.5. The number of pyridine rings is 1. The quantitative estimate of drug-likeness (QED) is 0.524. The van der Waals surface area contributed by atoms with Gasteiger partial charge >= 0.3 is 0 Å². The molecule has 0 saturated heterocycles. The minimum atomic E-state index is -0.0614. The Hall–Kier alpha value is -2.44. The molecule has 25 heavy (non-hydrogen) atoms. The summed E-state index contributed by atoms with van der Waals surface area (Å²) in [5, 5.41) is 4.62. The third kappa shape index (κ3) is 3.50. The number of para-hydroxylation sites is 1. The Kier molecular flexibility index (Phi) is 4.38. The molecule has 4 nitrogen and oxygen atoms in total. The average molecular weight is 365 g/mol. The molecule has 2 aromatic carbocycles. The molecule has 0 spiro atoms. The molecule has 0 aliphatic heterocycles. The van der Waals surface area contributed by atoms with Gasteiger partial charge in [0.05, 0.1) is 21.5 Å². The first-order chi connectivity index (χ1) is 12.2. The second-order valence-electron chi connectivity index (χ2n) is 5.66. The summed E-state index contributed by atoms with van der Waals surface area (Å²) in [7, 11) is 0. The highest BCUT2D eigenvalue weighted by atomic mass is 32.2. The number of anilines is 1. The van der Waals surface area contributed by atoms with Crippen LogP contribution in [0.2, 0.25) is 0 Å². The van der Waals surface area contributed by atoms with Crippen LogP contribution >= 0.6 is 23.1 Å². The minimum absolute atomic E-state index is 0.0614. The number of carbonyl (C=O) groups excluding carboxylic acids is 1. The monoisotopic (exact) mass is 365 g/mol. The lowest BCUT2D eigenvalue weighted by molar-refractivity contribution is -0.113. The number of nitrogens with zero attached hydrogens (tertiary/aromatic N) is 2. The van der Waals surface area contributed by atoms with Gasteiger partial charge in [-0.15, -0.1) is 11.8 Å². The van der Waals surface area contributed by atoms with Crippen LogP contribution in [0.1, 0.15) is 5.56 Å². The third-order valence-electron chi connectivity index (χ3n) is 3.74. The molecule has 0 bridgehead atoms. The predicted octanol–water partition coefficient (Wildman–Crippen LogP) is 4.88. The zero-order chi connectivity index (χ0) is 17.2. The number of aryl methyl sites for hydroxylation is 1. The molecule has 4 aromatic rings. The first-order valence-corrected chi connectivity index (χ1v) is 9.63. The summed E-state index contributed by atoms with van der Waals surface area (Å²) in [5.41, 5.74) is 3.03. The number of aromatic nitrogens is 2. The summed E-state index contributed by atoms with van der Waals surface area (Å²) in [5.74, 6) is 0.263. The van der Waals surface area contributed by atoms with Crippen molar-refractivity contribution in [2.24, 2.45) is 0 Å². The summed E-state index contributed by atoms with van der Waals surface area (Å²) in [6, 6.07) is 16.0. The Morgan fingerprint density at radius 3 is 3.00 bits per heavy atom. The topological polar surface area (TPSA) is 54.9 Å². The molecular weight excluding hydrogens is 350 g/mol. The molecule has 0 unspecified atom stereocenters. The van der Waals surface area contributed by atoms with Gasteiger partial charge in [0.25, 0.3) is 0 Å². The second kappa shape index (κ2) is 6.82. The number of hydrogen-bond donors (Lipinski definition) is 1. The number of nitrogens with one attached hydrogen (secondary N) is 1. The predicted molar refractivity (Wildman–Crippen MR) is 105 cm³/mol. The molecule has 0 atom stereocenters. The summed E-state index contributed by atoms with van der Waals surface area (Å²) in [4.78, 5) is 22.2. The molecule has 2 heterocycles. The number of hydrogen-bond acceptors (Lipinski definition) is 5. The number of rotatable bonds is 4. The third-order valence-corrected chi connectivity index (χ3v) is 5.73. The van der Waals surface area contributed by atoms with Gasteiger partial charge in [0, 0.05) is 16.5 Å². The highest BCUT2D eigenvalue weighted by Crippen LogP contribution is 2.28. The number of thioether (sulfide) groups is 1. The van der Waals surface area contributed by atoms with Crippen molar-refractivity contribution in [1.29, 1.82) is 0 Å². The Labute approximate surface area is 153 Å². The lowest BCUT2D eigenvalue weighted by Crippen LogP contribution is -2.13. The van der Waals surface area contributed by atoms with Crippen molar-refractivity contribution < 1.29 is 4.79 Å². The van der Waals surface area contributed by atoms with Crippen molar-refractivity contribution in [3.05, 3.63) is 60.3 Å². The van der Waals surface area contributed by atoms with Crippen molar-refractivity contribution in [3.63, 3.8) is 0 Å². The number of fused-ring (bicyclic) bond motifs is 2. The van der Waals surface area contributed by atoms with E-state index in [1.165, 1.54) is 28.7 Å². The maximum absolute atomic E-state index is 12.3. The maximum Gasteiger partial charge on any atom is 0.236 e. The molecule has 1 N–H and O–H groups in total. The summed E-state index contributed by atoms with van der Waals surface area (Å²) in [6.45, 7) is 2.05. The molecule has 6 heteroatoms. The number of thiazole rings is 1. The highest BCUT2D eigenvalue weighted by Gasteiger charge is 2.10. The largest absolute Gasteiger partial charge is 0.301 e. The Morgan fingerprint density at radius 2 is 2.08 bits per heavy atom. The molecule has 0 fully saturated rings. The van der Waals surface area contributed by atoms with Crippen LogP contribution in [0, 0.1) is 6.92 Å². The van der Waals surface area contributed by atoms with Gasteiger partial charge in [-0.1, -0.05) is 35.6 Å². The van der Waals surface area contributed by atoms with Crippen LogP contribution in [0.4, 0.5) is 5.13 Å². The lowest BCUT2D eigenvalue weighted by atomic mass is 10.2. The fraction of sp³-hybridized carbons (Fsp3) is 0.105. The summed E-state index contributed by atoms with van der Waals surface area (Å²) in [6.07, 6.45) is 1.77. The van der Waals surface area contributed by atoms with Crippen molar-refractivity contribution >= 4 is 55.3 Å². The molecule has 124 valence electrons. The van der Waals surface area contributed by atoms with Crippen molar-refractivity contribution in [3.8, 4) is 0 Å². The fourth-order valence-electron chi connectivity index (χ4n) is 2.58. The Bertz CT molecular complexity index is 1070. The van der Waals surface area contributed by atoms with Gasteiger partial charge in [0.1, 0.15) is 0 Å². The molecule has 0 saturated carbocycles. The van der Waals surface area contributed by atoms with Gasteiger partial charge in [-0.25, -0.2) is 4.98 Å². The summed E-state index contributed by atoms with van der Waals surface area (Å²) < 4.78 is 1.08. The van der Waals surface area contributed by atoms with Gasteiger partial charge in [-0.2, -0.15) is 0 Å². The Morgan fingerprint density at radius 1 is 1.20 bits per heavy atom. The van der Waals surface area contributed by atoms with Gasteiger partial charge in [-0.05, 0) is 36.8 Å². The second-order valence-corrected chi connectivity index (χ2v) is 7.71. The first kappa shape index (κ1) is 16.1. The van der Waals surface area contributed by atoms with Gasteiger partial charge in [0.15, 0.2) is 5.13 Å². The van der Waals surface area contributed by atoms with Gasteiger partial charge in [-0.3, -0.25) is 9.78 Å². The number of amides is 1. The number of benzene rings is 2. The molecule has 2 aromatic heterocycles. The standard InChI is InChI=1S/C19H15N3OS2/c1-12-7-8-14-16(10-12)25-19(21-14)22-17(23)11-24-15-6-2-4-13-5-3-9-20-18(13)15/h2-10H,11H2,1H3,(H,21,22,23). The first-order valence-electron chi connectivity index (χ1n) is 7.83. The van der Waals surface area contributed by atoms with Gasteiger partial charge in [0.2, 0.25) is 5.91 Å². The van der Waals surface area contributed by atoms with Crippen LogP contribution in [0.25, 0.3) is 21.1 Å². The molecule has 0 aliphatic rings. The van der Waals surface area contributed by atoms with E-state index in [1.807, 2.05) is 49.4 Å². The Balaban J connectivity index is 1.46. The van der Waals surface area contributed by atoms with E-state index in [1.54, 1.807) is 6.20 Å². The van der Waals surface area contributed by atoms with Crippen LogP contribution in [0.5, 0.6) is 0 Å². The van der Waals surface area contributed by atoms with Crippen LogP contribution in [-0.2, 0) is 4.79 Å². The van der Waals surface area contributed by atoms with Crippen LogP contribution in [-0.4, -0.2) is 21.6 Å².